The number of benzene rings is 1. The minimum absolute atomic E-state index is 0.203. The van der Waals surface area contributed by atoms with Crippen LogP contribution in [0.1, 0.15) is 5.82 Å². The van der Waals surface area contributed by atoms with Crippen molar-refractivity contribution in [1.29, 1.82) is 0 Å². The van der Waals surface area contributed by atoms with Gasteiger partial charge in [0.05, 0.1) is 11.0 Å². The zero-order chi connectivity index (χ0) is 8.72. The van der Waals surface area contributed by atoms with Gasteiger partial charge in [0.25, 0.3) is 0 Å². The number of hydrogen-bond donors (Lipinski definition) is 2. The molecule has 0 bridgehead atoms. The smallest absolute Gasteiger partial charge is 0.125 e. The van der Waals surface area contributed by atoms with Gasteiger partial charge < -0.3 is 10.9 Å². The number of aryl methyl sites for hydroxylation is 1. The summed E-state index contributed by atoms with van der Waals surface area (Å²) in [4.78, 5) is 4.18. The van der Waals surface area contributed by atoms with Crippen molar-refractivity contribution in [3.05, 3.63) is 24.0 Å². The molecule has 0 aliphatic heterocycles. The summed E-state index contributed by atoms with van der Waals surface area (Å²) in [5.74, 6) is 6.59. The van der Waals surface area contributed by atoms with Crippen LogP contribution >= 0.6 is 0 Å². The van der Waals surface area contributed by atoms with E-state index in [-0.39, 0.29) is 5.75 Å². The predicted octanol–water partition coefficient (Wildman–Crippen LogP) is 0.764. The third-order valence-corrected chi connectivity index (χ3v) is 1.85. The molecular weight excluding hydrogens is 154 g/mol. The van der Waals surface area contributed by atoms with Gasteiger partial charge in [-0.3, -0.25) is 0 Å². The molecule has 0 aliphatic carbocycles. The zero-order valence-corrected chi connectivity index (χ0v) is 6.65. The standard InChI is InChI=1S/C8H9N3O/c1-5-10-7-3-2-6(12)4-8(7)11(5)9/h2-4,12H,9H2,1H3. The first kappa shape index (κ1) is 6.97. The Kier molecular flexibility index (Phi) is 1.24. The lowest BCUT2D eigenvalue weighted by molar-refractivity contribution is 0.476. The van der Waals surface area contributed by atoms with Crippen molar-refractivity contribution in [3.63, 3.8) is 0 Å². The summed E-state index contributed by atoms with van der Waals surface area (Å²) in [6.07, 6.45) is 0. The summed E-state index contributed by atoms with van der Waals surface area (Å²) >= 11 is 0. The summed E-state index contributed by atoms with van der Waals surface area (Å²) in [5, 5.41) is 9.17. The van der Waals surface area contributed by atoms with Crippen molar-refractivity contribution >= 4 is 11.0 Å². The van der Waals surface area contributed by atoms with E-state index >= 15 is 0 Å². The first-order valence-electron chi connectivity index (χ1n) is 3.61. The van der Waals surface area contributed by atoms with Crippen LogP contribution in [0, 0.1) is 6.92 Å². The summed E-state index contributed by atoms with van der Waals surface area (Å²) in [6.45, 7) is 1.82. The summed E-state index contributed by atoms with van der Waals surface area (Å²) < 4.78 is 1.45. The molecule has 4 heteroatoms. The maximum atomic E-state index is 9.17. The molecule has 0 spiro atoms. The van der Waals surface area contributed by atoms with E-state index in [0.29, 0.717) is 0 Å². The van der Waals surface area contributed by atoms with Crippen LogP contribution in [-0.4, -0.2) is 14.8 Å². The fraction of sp³-hybridized carbons (Fsp3) is 0.125. The first-order chi connectivity index (χ1) is 5.68. The number of phenolic OH excluding ortho intramolecular Hbond substituents is 1. The van der Waals surface area contributed by atoms with Crippen LogP contribution in [0.4, 0.5) is 0 Å². The Morgan fingerprint density at radius 1 is 1.50 bits per heavy atom. The van der Waals surface area contributed by atoms with Crippen molar-refractivity contribution in [1.82, 2.24) is 9.66 Å². The molecule has 0 atom stereocenters. The molecule has 3 N–H and O–H groups in total. The van der Waals surface area contributed by atoms with E-state index in [2.05, 4.69) is 4.98 Å². The average molecular weight is 163 g/mol. The molecule has 0 radical (unpaired) electrons. The minimum atomic E-state index is 0.203. The normalized spacial score (nSPS) is 10.8. The molecule has 0 unspecified atom stereocenters. The number of aromatic nitrogens is 2. The first-order valence-corrected chi connectivity index (χ1v) is 3.61. The van der Waals surface area contributed by atoms with Gasteiger partial charge in [-0.2, -0.15) is 0 Å². The van der Waals surface area contributed by atoms with Crippen molar-refractivity contribution in [3.8, 4) is 5.75 Å². The number of rotatable bonds is 0. The third-order valence-electron chi connectivity index (χ3n) is 1.85. The number of aromatic hydroxyl groups is 1. The molecule has 0 fully saturated rings. The number of nitrogens with zero attached hydrogens (tertiary/aromatic N) is 2. The number of phenols is 1. The topological polar surface area (TPSA) is 64.1 Å². The maximum Gasteiger partial charge on any atom is 0.125 e. The SMILES string of the molecule is Cc1nc2ccc(O)cc2n1N. The highest BCUT2D eigenvalue weighted by atomic mass is 16.3. The van der Waals surface area contributed by atoms with Gasteiger partial charge in [0.2, 0.25) is 0 Å². The second-order valence-electron chi connectivity index (χ2n) is 2.70. The number of nitrogen functional groups attached to an aromatic ring is 1. The highest BCUT2D eigenvalue weighted by Crippen LogP contribution is 2.18. The molecule has 4 nitrogen and oxygen atoms in total. The van der Waals surface area contributed by atoms with Gasteiger partial charge in [-0.1, -0.05) is 0 Å². The summed E-state index contributed by atoms with van der Waals surface area (Å²) in [6, 6.07) is 4.92. The lowest BCUT2D eigenvalue weighted by Gasteiger charge is -1.96. The molecule has 0 amide bonds. The zero-order valence-electron chi connectivity index (χ0n) is 6.65. The Labute approximate surface area is 69.2 Å². The van der Waals surface area contributed by atoms with E-state index in [1.165, 1.54) is 4.68 Å². The number of imidazole rings is 1. The fourth-order valence-electron chi connectivity index (χ4n) is 1.20. The van der Waals surface area contributed by atoms with E-state index < -0.39 is 0 Å². The van der Waals surface area contributed by atoms with Crippen LogP contribution in [0.3, 0.4) is 0 Å². The van der Waals surface area contributed by atoms with E-state index in [4.69, 9.17) is 10.9 Å². The number of hydrogen-bond acceptors (Lipinski definition) is 3. The Morgan fingerprint density at radius 3 is 3.00 bits per heavy atom. The van der Waals surface area contributed by atoms with Gasteiger partial charge in [0.15, 0.2) is 0 Å². The quantitative estimate of drug-likeness (QED) is 0.563. The van der Waals surface area contributed by atoms with Crippen molar-refractivity contribution < 1.29 is 5.11 Å². The molecule has 2 aromatic rings. The van der Waals surface area contributed by atoms with Gasteiger partial charge in [0, 0.05) is 6.07 Å². The van der Waals surface area contributed by atoms with Crippen LogP contribution in [-0.2, 0) is 0 Å². The van der Waals surface area contributed by atoms with E-state index in [9.17, 15) is 0 Å². The second kappa shape index (κ2) is 2.14. The molecule has 1 heterocycles. The van der Waals surface area contributed by atoms with Gasteiger partial charge in [-0.25, -0.2) is 9.66 Å². The molecule has 1 aromatic carbocycles. The molecule has 12 heavy (non-hydrogen) atoms. The Balaban J connectivity index is 2.88. The second-order valence-corrected chi connectivity index (χ2v) is 2.70. The maximum absolute atomic E-state index is 9.17. The van der Waals surface area contributed by atoms with Crippen LogP contribution < -0.4 is 5.84 Å². The van der Waals surface area contributed by atoms with Crippen LogP contribution in [0.5, 0.6) is 5.75 Å². The lowest BCUT2D eigenvalue weighted by Crippen LogP contribution is -2.09. The van der Waals surface area contributed by atoms with Crippen LogP contribution in [0.15, 0.2) is 18.2 Å². The van der Waals surface area contributed by atoms with Gasteiger partial charge in [-0.15, -0.1) is 0 Å². The highest BCUT2D eigenvalue weighted by molar-refractivity contribution is 5.77. The average Bonchev–Trinajstić information content (AvgIpc) is 2.31. The van der Waals surface area contributed by atoms with Crippen LogP contribution in [0.2, 0.25) is 0 Å². The molecule has 0 saturated carbocycles. The van der Waals surface area contributed by atoms with Gasteiger partial charge in [0.1, 0.15) is 11.6 Å². The Hall–Kier alpha value is -1.71. The molecule has 1 aromatic heterocycles. The van der Waals surface area contributed by atoms with E-state index in [1.807, 2.05) is 6.92 Å². The van der Waals surface area contributed by atoms with Crippen LogP contribution in [0.25, 0.3) is 11.0 Å². The summed E-state index contributed by atoms with van der Waals surface area (Å²) in [5.41, 5.74) is 1.54. The number of fused-ring (bicyclic) bond motifs is 1. The monoisotopic (exact) mass is 163 g/mol. The van der Waals surface area contributed by atoms with Gasteiger partial charge >= 0.3 is 0 Å². The molecule has 0 aliphatic rings. The van der Waals surface area contributed by atoms with Crippen molar-refractivity contribution in [2.24, 2.45) is 0 Å². The molecule has 2 rings (SSSR count). The lowest BCUT2D eigenvalue weighted by atomic mass is 10.3. The fourth-order valence-corrected chi connectivity index (χ4v) is 1.20. The largest absolute Gasteiger partial charge is 0.508 e. The molecule has 0 saturated heterocycles. The minimum Gasteiger partial charge on any atom is -0.508 e. The van der Waals surface area contributed by atoms with E-state index in [1.54, 1.807) is 18.2 Å². The van der Waals surface area contributed by atoms with Gasteiger partial charge in [-0.05, 0) is 19.1 Å². The Morgan fingerprint density at radius 2 is 2.25 bits per heavy atom. The molecule has 62 valence electrons. The predicted molar refractivity (Wildman–Crippen MR) is 46.3 cm³/mol. The van der Waals surface area contributed by atoms with E-state index in [0.717, 1.165) is 16.9 Å². The molecular formula is C8H9N3O. The van der Waals surface area contributed by atoms with Crippen molar-refractivity contribution in [2.45, 2.75) is 6.92 Å². The third kappa shape index (κ3) is 0.812. The van der Waals surface area contributed by atoms with Crippen molar-refractivity contribution in [2.75, 3.05) is 5.84 Å². The summed E-state index contributed by atoms with van der Waals surface area (Å²) in [7, 11) is 0. The Bertz CT molecular complexity index is 433. The highest BCUT2D eigenvalue weighted by Gasteiger charge is 2.03. The number of nitrogens with two attached hydrogens (primary N) is 1.